The average molecular weight is 1960 g/mol. The lowest BCUT2D eigenvalue weighted by Gasteiger charge is -2.32. The van der Waals surface area contributed by atoms with Gasteiger partial charge in [-0.25, -0.2) is 66.1 Å². The van der Waals surface area contributed by atoms with Crippen LogP contribution in [0.25, 0.3) is 54.4 Å². The lowest BCUT2D eigenvalue weighted by Crippen LogP contribution is -2.41. The van der Waals surface area contributed by atoms with E-state index >= 15 is 0 Å². The summed E-state index contributed by atoms with van der Waals surface area (Å²) in [5.74, 6) is -6.73. The van der Waals surface area contributed by atoms with Crippen LogP contribution in [0.4, 0.5) is 26.3 Å². The summed E-state index contributed by atoms with van der Waals surface area (Å²) < 4.78 is 152. The van der Waals surface area contributed by atoms with Crippen molar-refractivity contribution in [3.63, 3.8) is 0 Å². The number of aromatic amines is 1. The Morgan fingerprint density at radius 1 is 0.423 bits per heavy atom. The zero-order chi connectivity index (χ0) is 91.9. The molecule has 13 heterocycles. The zero-order valence-electron chi connectivity index (χ0n) is 69.3. The molecule has 1 saturated heterocycles. The normalized spacial score (nSPS) is 12.9. The van der Waals surface area contributed by atoms with E-state index in [4.69, 9.17) is 9.31 Å². The van der Waals surface area contributed by atoms with E-state index in [1.807, 2.05) is 70.3 Å². The first-order valence-corrected chi connectivity index (χ1v) is 46.5. The van der Waals surface area contributed by atoms with E-state index in [1.165, 1.54) is 138 Å². The van der Waals surface area contributed by atoms with Gasteiger partial charge in [-0.2, -0.15) is 0 Å². The van der Waals surface area contributed by atoms with Gasteiger partial charge in [-0.3, -0.25) is 43.7 Å². The van der Waals surface area contributed by atoms with E-state index in [1.54, 1.807) is 96.7 Å². The first kappa shape index (κ1) is 91.9. The molecule has 18 rings (SSSR count). The number of carbonyl (C=O) groups excluding carboxylic acids is 3. The highest BCUT2D eigenvalue weighted by atomic mass is 127. The maximum atomic E-state index is 13.6. The van der Waals surface area contributed by atoms with Crippen molar-refractivity contribution in [3.8, 4) is 20.9 Å². The molecule has 37 heteroatoms. The number of halogens is 7. The fraction of sp³-hybridized carbons (Fsp3) is 0.161. The van der Waals surface area contributed by atoms with Gasteiger partial charge in [-0.15, -0.1) is 34.0 Å². The Bertz CT molecular complexity index is 7570. The molecule has 1 fully saturated rings. The predicted molar refractivity (Wildman–Crippen MR) is 493 cm³/mol. The molecule has 24 nitrogen and oxygen atoms in total. The quantitative estimate of drug-likeness (QED) is 0.0240. The number of aromatic nitrogens is 12. The molecule has 1 aliphatic rings. The lowest BCUT2D eigenvalue weighted by molar-refractivity contribution is 0.00578. The number of hydrogen-bond donors (Lipinski definition) is 1. The molecule has 1 aliphatic heterocycles. The molecule has 12 aromatic heterocycles. The van der Waals surface area contributed by atoms with Gasteiger partial charge in [0.2, 0.25) is 0 Å². The number of rotatable bonds is 25. The Morgan fingerprint density at radius 3 is 1.24 bits per heavy atom. The van der Waals surface area contributed by atoms with E-state index in [2.05, 4.69) is 57.5 Å². The lowest BCUT2D eigenvalue weighted by atomic mass is 9.88. The number of pyridine rings is 3. The van der Waals surface area contributed by atoms with Gasteiger partial charge in [0.1, 0.15) is 16.6 Å². The summed E-state index contributed by atoms with van der Waals surface area (Å²) in [6, 6.07) is 47.4. The van der Waals surface area contributed by atoms with Crippen molar-refractivity contribution in [2.75, 3.05) is 0 Å². The number of nitrogens with one attached hydrogen (secondary N) is 1. The minimum Gasteiger partial charge on any atom is -0.399 e. The van der Waals surface area contributed by atoms with Gasteiger partial charge in [0.05, 0.1) is 60.9 Å². The van der Waals surface area contributed by atoms with Crippen LogP contribution < -0.4 is 21.5 Å². The van der Waals surface area contributed by atoms with Crippen LogP contribution in [0.5, 0.6) is 0 Å². The topological polar surface area (TPSA) is 307 Å². The minimum atomic E-state index is -3.92. The van der Waals surface area contributed by atoms with E-state index < -0.39 is 89.9 Å². The number of hydrogen-bond acceptors (Lipinski definition) is 21. The molecule has 0 radical (unpaired) electrons. The Labute approximate surface area is 764 Å². The van der Waals surface area contributed by atoms with Gasteiger partial charge < -0.3 is 28.0 Å². The Morgan fingerprint density at radius 2 is 0.800 bits per heavy atom. The van der Waals surface area contributed by atoms with Crippen molar-refractivity contribution in [2.45, 2.75) is 107 Å². The Hall–Kier alpha value is -12.9. The van der Waals surface area contributed by atoms with Crippen LogP contribution in [0, 0.1) is 38.5 Å². The number of ketones is 3. The number of benzene rings is 5. The Balaban J connectivity index is 0.000000137. The summed E-state index contributed by atoms with van der Waals surface area (Å²) in [6.45, 7) is 8.07. The summed E-state index contributed by atoms with van der Waals surface area (Å²) >= 11 is 6.54. The standard InChI is InChI=1S/C31H22F2N4O4S2.C25H26BF2NO4S.C25H18F2N4O2S.C12H8IN3O2S/c32-25-11-8-20(17-26(25)33)18-36-16-4-7-23(31(36)39)27(38)12-9-21-10-13-28(42-21)24-19-37(30-29(24)34-14-15-35-30)43(40,41)22-5-2-1-3-6-22;1-24(2)25(3,4)33-26(32-24)22-12-9-17(34-22)8-11-21(30)18-6-5-13-29(23(18)31)15-16-7-10-19(27)20(28)14-16;26-19-6-3-15(12-20(19)27)14-31-11-1-2-17(25(31)33)21(32)7-4-16-5-8-22(34-16)18-13-30-24-23(18)28-9-10-29-24;13-10-8-16(12-11(10)14-6-7-15-12)19(17,18)9-4-2-1-3-5-9/h1-8,10-11,13-17,19H,9,12,18H2;5-7,9-10,12-14H,8,11,15H2,1-4H3;1-3,5-6,8-13H,4,7,14H2,(H,29,30);1-8H. The fourth-order valence-corrected chi connectivity index (χ4v) is 20.5. The third kappa shape index (κ3) is 20.4. The highest BCUT2D eigenvalue weighted by Crippen LogP contribution is 2.39. The molecule has 130 heavy (non-hydrogen) atoms. The maximum Gasteiger partial charge on any atom is 0.505 e. The summed E-state index contributed by atoms with van der Waals surface area (Å²) in [6.07, 6.45) is 20.4. The number of thiophene rings is 3. The molecule has 0 bridgehead atoms. The average Bonchev–Trinajstić information content (AvgIpc) is 1.49. The Kier molecular flexibility index (Phi) is 27.7. The van der Waals surface area contributed by atoms with Gasteiger partial charge in [0, 0.05) is 134 Å². The molecule has 5 aromatic carbocycles. The number of H-pyrrole nitrogens is 1. The van der Waals surface area contributed by atoms with Crippen LogP contribution in [0.2, 0.25) is 0 Å². The van der Waals surface area contributed by atoms with Crippen LogP contribution in [0.1, 0.15) is 109 Å². The molecular formula is C93H74BF6IN12O12S5. The number of Topliss-reactive ketones (excluding diaryl/α,β-unsaturated/α-hetero) is 3. The molecule has 0 aliphatic carbocycles. The van der Waals surface area contributed by atoms with Crippen LogP contribution >= 0.6 is 56.6 Å². The van der Waals surface area contributed by atoms with E-state index in [-0.39, 0.29) is 88.4 Å². The van der Waals surface area contributed by atoms with Gasteiger partial charge in [0.25, 0.3) is 36.7 Å². The van der Waals surface area contributed by atoms with Crippen LogP contribution in [-0.4, -0.2) is 109 Å². The largest absolute Gasteiger partial charge is 0.505 e. The molecule has 0 atom stereocenters. The smallest absolute Gasteiger partial charge is 0.399 e. The second-order valence-corrected chi connectivity index (χ2v) is 39.0. The zero-order valence-corrected chi connectivity index (χ0v) is 75.5. The second-order valence-electron chi connectivity index (χ2n) is 30.7. The SMILES string of the molecule is CC1(C)OB(c2ccc(CCC(=O)c3cccn(Cc4ccc(F)c(F)c4)c3=O)s2)OC1(C)C.O=C(CCc1ccc(-c2c[nH]c3nccnc23)s1)c1cccn(Cc2ccc(F)c(F)c2)c1=O.O=C(CCc1ccc(-c2cn(S(=O)(=O)c3ccccc3)c3nccnc23)s1)c1cccn(Cc2ccc(F)c(F)c2)c1=O.O=S(=O)(c1ccccc1)n1cc(I)c2nccnc21. The van der Waals surface area contributed by atoms with Crippen LogP contribution in [-0.2, 0) is 68.3 Å². The van der Waals surface area contributed by atoms with Crippen molar-refractivity contribution in [1.29, 1.82) is 0 Å². The fourth-order valence-electron chi connectivity index (χ4n) is 14.0. The summed E-state index contributed by atoms with van der Waals surface area (Å²) in [7, 11) is -8.01. The highest BCUT2D eigenvalue weighted by molar-refractivity contribution is 14.1. The van der Waals surface area contributed by atoms with Crippen LogP contribution in [0.3, 0.4) is 0 Å². The predicted octanol–water partition coefficient (Wildman–Crippen LogP) is 17.3. The van der Waals surface area contributed by atoms with Crippen molar-refractivity contribution in [1.82, 2.24) is 56.5 Å². The van der Waals surface area contributed by atoms with E-state index in [0.717, 1.165) is 84.2 Å². The molecule has 1 N–H and O–H groups in total. The van der Waals surface area contributed by atoms with Crippen LogP contribution in [0.15, 0.2) is 287 Å². The van der Waals surface area contributed by atoms with Crippen molar-refractivity contribution < 1.29 is 66.9 Å². The monoisotopic (exact) mass is 1960 g/mol. The molecule has 0 amide bonds. The van der Waals surface area contributed by atoms with Crippen molar-refractivity contribution >= 4 is 139 Å². The molecule has 17 aromatic rings. The molecule has 0 saturated carbocycles. The first-order valence-electron chi connectivity index (χ1n) is 40.1. The van der Waals surface area contributed by atoms with Gasteiger partial charge >= 0.3 is 7.12 Å². The number of carbonyl (C=O) groups is 3. The van der Waals surface area contributed by atoms with Crippen molar-refractivity contribution in [2.24, 2.45) is 0 Å². The maximum absolute atomic E-state index is 13.6. The number of aryl methyl sites for hydroxylation is 3. The number of nitrogens with zero attached hydrogens (tertiary/aromatic N) is 11. The highest BCUT2D eigenvalue weighted by Gasteiger charge is 2.52. The molecule has 0 unspecified atom stereocenters. The minimum absolute atomic E-state index is 0.00586. The summed E-state index contributed by atoms with van der Waals surface area (Å²) in [5, 5.41) is 0. The number of fused-ring (bicyclic) bond motifs is 3. The van der Waals surface area contributed by atoms with Gasteiger partial charge in [-0.05, 0) is 214 Å². The van der Waals surface area contributed by atoms with Crippen molar-refractivity contribution in [3.05, 3.63) is 380 Å². The molecular weight excluding hydrogens is 1890 g/mol. The summed E-state index contributed by atoms with van der Waals surface area (Å²) in [5.41, 5.74) is 3.73. The third-order valence-electron chi connectivity index (χ3n) is 21.4. The third-order valence-corrected chi connectivity index (χ3v) is 29.1. The van der Waals surface area contributed by atoms with Gasteiger partial charge in [0.15, 0.2) is 69.2 Å². The first-order chi connectivity index (χ1) is 62.3. The molecule has 0 spiro atoms. The van der Waals surface area contributed by atoms with Gasteiger partial charge in [-0.1, -0.05) is 60.7 Å². The summed E-state index contributed by atoms with van der Waals surface area (Å²) in [4.78, 5) is 111. The van der Waals surface area contributed by atoms with E-state index in [9.17, 15) is 71.9 Å². The molecule has 660 valence electrons. The second kappa shape index (κ2) is 39.2. The van der Waals surface area contributed by atoms with E-state index in [0.29, 0.717) is 63.8 Å².